The SMILES string of the molecule is Cc1c(Cl)cccc1NC(=O)[C@H](C)OC(=O)[C@H](C)N1C(=O)[C@H]2CCCC[C@@H]2C1=O. The van der Waals surface area contributed by atoms with Crippen LogP contribution in [0.3, 0.4) is 0 Å². The molecule has 1 aromatic rings. The molecule has 2 aliphatic rings. The van der Waals surface area contributed by atoms with Crippen LogP contribution < -0.4 is 5.32 Å². The van der Waals surface area contributed by atoms with Gasteiger partial charge in [-0.3, -0.25) is 19.3 Å². The molecule has 29 heavy (non-hydrogen) atoms. The fourth-order valence-corrected chi connectivity index (χ4v) is 4.15. The van der Waals surface area contributed by atoms with E-state index in [-0.39, 0.29) is 23.7 Å². The van der Waals surface area contributed by atoms with Gasteiger partial charge in [-0.1, -0.05) is 30.5 Å². The van der Waals surface area contributed by atoms with Crippen molar-refractivity contribution in [3.8, 4) is 0 Å². The number of rotatable bonds is 5. The molecule has 1 aliphatic carbocycles. The quantitative estimate of drug-likeness (QED) is 0.583. The van der Waals surface area contributed by atoms with Crippen molar-refractivity contribution in [1.29, 1.82) is 0 Å². The molecule has 0 aromatic heterocycles. The number of carbonyl (C=O) groups is 4. The number of esters is 1. The third kappa shape index (κ3) is 4.15. The maximum absolute atomic E-state index is 12.6. The molecule has 3 amide bonds. The minimum Gasteiger partial charge on any atom is -0.451 e. The first kappa shape index (κ1) is 21.3. The number of benzene rings is 1. The van der Waals surface area contributed by atoms with Gasteiger partial charge in [0.25, 0.3) is 5.91 Å². The molecule has 0 unspecified atom stereocenters. The van der Waals surface area contributed by atoms with Crippen molar-refractivity contribution >= 4 is 41.0 Å². The van der Waals surface area contributed by atoms with Gasteiger partial charge in [0.2, 0.25) is 11.8 Å². The molecule has 2 fully saturated rings. The van der Waals surface area contributed by atoms with Gasteiger partial charge in [-0.05, 0) is 51.3 Å². The van der Waals surface area contributed by atoms with Gasteiger partial charge in [0.15, 0.2) is 6.10 Å². The van der Waals surface area contributed by atoms with Crippen molar-refractivity contribution in [2.45, 2.75) is 58.6 Å². The van der Waals surface area contributed by atoms with E-state index in [2.05, 4.69) is 5.32 Å². The number of nitrogens with zero attached hydrogens (tertiary/aromatic N) is 1. The van der Waals surface area contributed by atoms with E-state index in [1.165, 1.54) is 13.8 Å². The van der Waals surface area contributed by atoms with Crippen molar-refractivity contribution in [2.75, 3.05) is 5.32 Å². The first-order chi connectivity index (χ1) is 13.7. The van der Waals surface area contributed by atoms with Crippen molar-refractivity contribution in [3.63, 3.8) is 0 Å². The Morgan fingerprint density at radius 1 is 1.14 bits per heavy atom. The van der Waals surface area contributed by atoms with Gasteiger partial charge in [-0.2, -0.15) is 0 Å². The molecule has 1 aliphatic heterocycles. The third-order valence-electron chi connectivity index (χ3n) is 5.79. The zero-order valence-corrected chi connectivity index (χ0v) is 17.5. The number of nitrogens with one attached hydrogen (secondary N) is 1. The fraction of sp³-hybridized carbons (Fsp3) is 0.524. The highest BCUT2D eigenvalue weighted by molar-refractivity contribution is 6.31. The van der Waals surface area contributed by atoms with Crippen LogP contribution in [0.2, 0.25) is 5.02 Å². The van der Waals surface area contributed by atoms with E-state index >= 15 is 0 Å². The van der Waals surface area contributed by atoms with Crippen LogP contribution in [0.25, 0.3) is 0 Å². The maximum Gasteiger partial charge on any atom is 0.329 e. The number of amides is 3. The second-order valence-electron chi connectivity index (χ2n) is 7.70. The monoisotopic (exact) mass is 420 g/mol. The van der Waals surface area contributed by atoms with Gasteiger partial charge in [-0.25, -0.2) is 4.79 Å². The summed E-state index contributed by atoms with van der Waals surface area (Å²) < 4.78 is 5.25. The number of halogens is 1. The summed E-state index contributed by atoms with van der Waals surface area (Å²) in [7, 11) is 0. The molecular formula is C21H25ClN2O5. The van der Waals surface area contributed by atoms with Crippen LogP contribution >= 0.6 is 11.6 Å². The predicted molar refractivity (Wildman–Crippen MR) is 107 cm³/mol. The van der Waals surface area contributed by atoms with E-state index < -0.39 is 24.0 Å². The van der Waals surface area contributed by atoms with Crippen LogP contribution in [-0.4, -0.2) is 40.7 Å². The molecule has 1 aromatic carbocycles. The minimum absolute atomic E-state index is 0.309. The summed E-state index contributed by atoms with van der Waals surface area (Å²) >= 11 is 6.05. The maximum atomic E-state index is 12.6. The molecule has 1 saturated carbocycles. The number of hydrogen-bond acceptors (Lipinski definition) is 5. The fourth-order valence-electron chi connectivity index (χ4n) is 3.98. The van der Waals surface area contributed by atoms with Crippen LogP contribution in [0.5, 0.6) is 0 Å². The molecule has 156 valence electrons. The summed E-state index contributed by atoms with van der Waals surface area (Å²) in [5.74, 6) is -2.60. The number of anilines is 1. The number of carbonyl (C=O) groups excluding carboxylic acids is 4. The molecule has 0 spiro atoms. The first-order valence-electron chi connectivity index (χ1n) is 9.85. The number of hydrogen-bond donors (Lipinski definition) is 1. The van der Waals surface area contributed by atoms with E-state index in [0.717, 1.165) is 17.7 Å². The van der Waals surface area contributed by atoms with Gasteiger partial charge >= 0.3 is 5.97 Å². The second-order valence-corrected chi connectivity index (χ2v) is 8.11. The number of ether oxygens (including phenoxy) is 1. The van der Waals surface area contributed by atoms with Gasteiger partial charge in [0.1, 0.15) is 6.04 Å². The van der Waals surface area contributed by atoms with Gasteiger partial charge in [0, 0.05) is 10.7 Å². The Morgan fingerprint density at radius 3 is 2.31 bits per heavy atom. The summed E-state index contributed by atoms with van der Waals surface area (Å²) in [6.45, 7) is 4.66. The normalized spacial score (nSPS) is 23.4. The Hall–Kier alpha value is -2.41. The molecule has 1 saturated heterocycles. The molecule has 4 atom stereocenters. The van der Waals surface area contributed by atoms with Crippen molar-refractivity contribution in [2.24, 2.45) is 11.8 Å². The lowest BCUT2D eigenvalue weighted by Crippen LogP contribution is -2.46. The summed E-state index contributed by atoms with van der Waals surface area (Å²) in [4.78, 5) is 51.2. The molecule has 1 heterocycles. The molecular weight excluding hydrogens is 396 g/mol. The number of imide groups is 1. The number of likely N-dealkylation sites (tertiary alicyclic amines) is 1. The zero-order chi connectivity index (χ0) is 21.3. The van der Waals surface area contributed by atoms with Crippen molar-refractivity contribution in [3.05, 3.63) is 28.8 Å². The second kappa shape index (κ2) is 8.53. The van der Waals surface area contributed by atoms with Crippen LogP contribution in [0.1, 0.15) is 45.1 Å². The molecule has 0 radical (unpaired) electrons. The van der Waals surface area contributed by atoms with E-state index in [0.29, 0.717) is 29.1 Å². The third-order valence-corrected chi connectivity index (χ3v) is 6.20. The van der Waals surface area contributed by atoms with Crippen LogP contribution in [-0.2, 0) is 23.9 Å². The van der Waals surface area contributed by atoms with E-state index in [4.69, 9.17) is 16.3 Å². The highest BCUT2D eigenvalue weighted by Crippen LogP contribution is 2.39. The van der Waals surface area contributed by atoms with E-state index in [1.807, 2.05) is 0 Å². The Kier molecular flexibility index (Phi) is 6.27. The Balaban J connectivity index is 1.63. The Bertz CT molecular complexity index is 831. The Labute approximate surface area is 174 Å². The summed E-state index contributed by atoms with van der Waals surface area (Å²) in [5, 5.41) is 3.18. The average Bonchev–Trinajstić information content (AvgIpc) is 2.95. The summed E-state index contributed by atoms with van der Waals surface area (Å²) in [6, 6.07) is 4.04. The smallest absolute Gasteiger partial charge is 0.329 e. The summed E-state index contributed by atoms with van der Waals surface area (Å²) in [6.07, 6.45) is 2.06. The molecule has 1 N–H and O–H groups in total. The van der Waals surface area contributed by atoms with Crippen molar-refractivity contribution in [1.82, 2.24) is 4.90 Å². The lowest BCUT2D eigenvalue weighted by molar-refractivity contribution is -0.163. The molecule has 3 rings (SSSR count). The summed E-state index contributed by atoms with van der Waals surface area (Å²) in [5.41, 5.74) is 1.22. The largest absolute Gasteiger partial charge is 0.451 e. The zero-order valence-electron chi connectivity index (χ0n) is 16.7. The lowest BCUT2D eigenvalue weighted by Gasteiger charge is -2.23. The van der Waals surface area contributed by atoms with Crippen LogP contribution in [0, 0.1) is 18.8 Å². The van der Waals surface area contributed by atoms with Gasteiger partial charge in [-0.15, -0.1) is 0 Å². The average molecular weight is 421 g/mol. The highest BCUT2D eigenvalue weighted by atomic mass is 35.5. The van der Waals surface area contributed by atoms with Crippen LogP contribution in [0.4, 0.5) is 5.69 Å². The standard InChI is InChI=1S/C21H25ClN2O5/c1-11-16(22)9-6-10-17(11)23-18(25)13(3)29-21(28)12(2)24-19(26)14-7-4-5-8-15(14)20(24)27/h6,9-10,12-15H,4-5,7-8H2,1-3H3,(H,23,25)/t12-,13-,14-,15-/m0/s1. The van der Waals surface area contributed by atoms with Crippen LogP contribution in [0.15, 0.2) is 18.2 Å². The van der Waals surface area contributed by atoms with E-state index in [1.54, 1.807) is 25.1 Å². The van der Waals surface area contributed by atoms with Gasteiger partial charge in [0.05, 0.1) is 11.8 Å². The van der Waals surface area contributed by atoms with Crippen molar-refractivity contribution < 1.29 is 23.9 Å². The molecule has 0 bridgehead atoms. The molecule has 7 nitrogen and oxygen atoms in total. The van der Waals surface area contributed by atoms with Gasteiger partial charge < -0.3 is 10.1 Å². The predicted octanol–water partition coefficient (Wildman–Crippen LogP) is 3.08. The Morgan fingerprint density at radius 2 is 1.72 bits per heavy atom. The first-order valence-corrected chi connectivity index (χ1v) is 10.2. The molecule has 8 heteroatoms. The topological polar surface area (TPSA) is 92.8 Å². The lowest BCUT2D eigenvalue weighted by atomic mass is 9.81. The van der Waals surface area contributed by atoms with E-state index in [9.17, 15) is 19.2 Å². The number of fused-ring (bicyclic) bond motifs is 1. The minimum atomic E-state index is -1.10. The highest BCUT2D eigenvalue weighted by Gasteiger charge is 2.51.